The Balaban J connectivity index is 2.12. The Morgan fingerprint density at radius 2 is 1.71 bits per heavy atom. The number of ether oxygens (including phenoxy) is 3. The second kappa shape index (κ2) is 9.41. The molecule has 0 spiro atoms. The van der Waals surface area contributed by atoms with Crippen LogP contribution in [0.15, 0.2) is 33.8 Å². The van der Waals surface area contributed by atoms with Gasteiger partial charge in [-0.3, -0.25) is 14.4 Å². The summed E-state index contributed by atoms with van der Waals surface area (Å²) in [6, 6.07) is 3.16. The van der Waals surface area contributed by atoms with Crippen LogP contribution in [0.25, 0.3) is 0 Å². The predicted molar refractivity (Wildman–Crippen MR) is 108 cm³/mol. The molecule has 2 aromatic rings. The van der Waals surface area contributed by atoms with Crippen molar-refractivity contribution in [3.8, 4) is 17.2 Å². The second-order valence-corrected chi connectivity index (χ2v) is 6.72. The van der Waals surface area contributed by atoms with E-state index in [1.165, 1.54) is 27.5 Å². The summed E-state index contributed by atoms with van der Waals surface area (Å²) in [6.07, 6.45) is 2.94. The lowest BCUT2D eigenvalue weighted by Crippen LogP contribution is -2.20. The van der Waals surface area contributed by atoms with Crippen molar-refractivity contribution in [1.82, 2.24) is 4.57 Å². The zero-order valence-corrected chi connectivity index (χ0v) is 17.6. The molecule has 8 nitrogen and oxygen atoms in total. The fourth-order valence-electron chi connectivity index (χ4n) is 2.65. The van der Waals surface area contributed by atoms with E-state index >= 15 is 0 Å². The number of Topliss-reactive ketones (excluding diaryl/α,β-unsaturated/α-hetero) is 1. The number of nitrogens with zero attached hydrogens (tertiary/aromatic N) is 1. The normalized spacial score (nSPS) is 10.3. The molecular formula is C19H21BrN2O6. The lowest BCUT2D eigenvalue weighted by molar-refractivity contribution is -0.116. The molecule has 1 heterocycles. The van der Waals surface area contributed by atoms with Crippen LogP contribution in [-0.2, 0) is 11.8 Å². The molecule has 9 heteroatoms. The molecule has 1 amide bonds. The Morgan fingerprint density at radius 1 is 1.04 bits per heavy atom. The minimum atomic E-state index is -0.442. The predicted octanol–water partition coefficient (Wildman–Crippen LogP) is 2.78. The van der Waals surface area contributed by atoms with Gasteiger partial charge in [-0.25, -0.2) is 0 Å². The van der Waals surface area contributed by atoms with E-state index in [2.05, 4.69) is 21.2 Å². The van der Waals surface area contributed by atoms with Crippen LogP contribution in [-0.4, -0.2) is 37.6 Å². The molecule has 150 valence electrons. The summed E-state index contributed by atoms with van der Waals surface area (Å²) in [4.78, 5) is 36.8. The number of halogens is 1. The van der Waals surface area contributed by atoms with Crippen LogP contribution in [0.1, 0.15) is 23.2 Å². The molecule has 0 aliphatic carbocycles. The van der Waals surface area contributed by atoms with Crippen LogP contribution < -0.4 is 25.0 Å². The third-order valence-corrected chi connectivity index (χ3v) is 4.53. The first kappa shape index (κ1) is 21.5. The standard InChI is InChI=1S/C19H21BrN2O6/c1-22-9-12(20)17(25)13(10-22)21-16(24)8-6-14(23)11-5-7-15(26-2)19(28-4)18(11)27-3/h5,7,9-10H,6,8H2,1-4H3,(H,21,24). The fourth-order valence-corrected chi connectivity index (χ4v) is 3.19. The first-order valence-corrected chi connectivity index (χ1v) is 9.09. The van der Waals surface area contributed by atoms with E-state index < -0.39 is 5.91 Å². The highest BCUT2D eigenvalue weighted by molar-refractivity contribution is 9.10. The molecule has 1 aromatic carbocycles. The number of hydrogen-bond acceptors (Lipinski definition) is 6. The van der Waals surface area contributed by atoms with Gasteiger partial charge in [-0.15, -0.1) is 0 Å². The minimum Gasteiger partial charge on any atom is -0.493 e. The van der Waals surface area contributed by atoms with E-state index in [4.69, 9.17) is 14.2 Å². The van der Waals surface area contributed by atoms with Gasteiger partial charge in [-0.2, -0.15) is 0 Å². The lowest BCUT2D eigenvalue weighted by Gasteiger charge is -2.15. The number of methoxy groups -OCH3 is 3. The van der Waals surface area contributed by atoms with Crippen molar-refractivity contribution in [1.29, 1.82) is 0 Å². The maximum atomic E-state index is 12.6. The van der Waals surface area contributed by atoms with Gasteiger partial charge in [0, 0.05) is 32.3 Å². The monoisotopic (exact) mass is 452 g/mol. The Bertz CT molecular complexity index is 954. The van der Waals surface area contributed by atoms with Crippen LogP contribution in [0.4, 0.5) is 5.69 Å². The van der Waals surface area contributed by atoms with Gasteiger partial charge in [0.1, 0.15) is 5.69 Å². The van der Waals surface area contributed by atoms with Gasteiger partial charge in [0.05, 0.1) is 31.4 Å². The molecular weight excluding hydrogens is 432 g/mol. The van der Waals surface area contributed by atoms with Crippen molar-refractivity contribution in [2.45, 2.75) is 12.8 Å². The zero-order valence-electron chi connectivity index (χ0n) is 16.0. The first-order chi connectivity index (χ1) is 13.3. The molecule has 0 bridgehead atoms. The molecule has 0 atom stereocenters. The van der Waals surface area contributed by atoms with E-state index in [1.54, 1.807) is 29.9 Å². The number of amides is 1. The third kappa shape index (κ3) is 4.72. The van der Waals surface area contributed by atoms with Crippen LogP contribution in [0.2, 0.25) is 0 Å². The molecule has 1 aromatic heterocycles. The van der Waals surface area contributed by atoms with Gasteiger partial charge >= 0.3 is 0 Å². The van der Waals surface area contributed by atoms with Gasteiger partial charge in [-0.05, 0) is 28.1 Å². The number of aromatic nitrogens is 1. The summed E-state index contributed by atoms with van der Waals surface area (Å²) in [5.74, 6) is 0.239. The van der Waals surface area contributed by atoms with Gasteiger partial charge in [-0.1, -0.05) is 0 Å². The summed E-state index contributed by atoms with van der Waals surface area (Å²) < 4.78 is 17.7. The highest BCUT2D eigenvalue weighted by atomic mass is 79.9. The van der Waals surface area contributed by atoms with E-state index in [0.717, 1.165) is 0 Å². The number of pyridine rings is 1. The lowest BCUT2D eigenvalue weighted by atomic mass is 10.0. The molecule has 0 saturated carbocycles. The van der Waals surface area contributed by atoms with E-state index in [0.29, 0.717) is 16.0 Å². The fraction of sp³-hybridized carbons (Fsp3) is 0.316. The molecule has 28 heavy (non-hydrogen) atoms. The maximum Gasteiger partial charge on any atom is 0.224 e. The Hall–Kier alpha value is -2.81. The maximum absolute atomic E-state index is 12.6. The highest BCUT2D eigenvalue weighted by Gasteiger charge is 2.21. The number of nitrogens with one attached hydrogen (secondary N) is 1. The van der Waals surface area contributed by atoms with E-state index in [9.17, 15) is 14.4 Å². The molecule has 0 aliphatic heterocycles. The van der Waals surface area contributed by atoms with Crippen LogP contribution in [0.3, 0.4) is 0 Å². The number of carbonyl (C=O) groups is 2. The van der Waals surface area contributed by atoms with Gasteiger partial charge in [0.2, 0.25) is 17.1 Å². The molecule has 1 N–H and O–H groups in total. The molecule has 2 rings (SSSR count). The molecule has 0 unspecified atom stereocenters. The van der Waals surface area contributed by atoms with Crippen molar-refractivity contribution >= 4 is 33.3 Å². The number of ketones is 1. The third-order valence-electron chi connectivity index (χ3n) is 3.97. The summed E-state index contributed by atoms with van der Waals surface area (Å²) >= 11 is 3.15. The molecule has 0 fully saturated rings. The minimum absolute atomic E-state index is 0.0635. The van der Waals surface area contributed by atoms with Gasteiger partial charge in [0.25, 0.3) is 0 Å². The zero-order chi connectivity index (χ0) is 20.8. The average Bonchev–Trinajstić information content (AvgIpc) is 2.68. The first-order valence-electron chi connectivity index (χ1n) is 8.30. The topological polar surface area (TPSA) is 95.9 Å². The van der Waals surface area contributed by atoms with Crippen LogP contribution in [0.5, 0.6) is 17.2 Å². The summed E-state index contributed by atoms with van der Waals surface area (Å²) in [5, 5.41) is 2.54. The van der Waals surface area contributed by atoms with Crippen molar-refractivity contribution in [2.75, 3.05) is 26.6 Å². The number of benzene rings is 1. The number of anilines is 1. The van der Waals surface area contributed by atoms with Crippen LogP contribution in [0, 0.1) is 0 Å². The number of carbonyl (C=O) groups excluding carboxylic acids is 2. The Kier molecular flexibility index (Phi) is 7.22. The SMILES string of the molecule is COc1ccc(C(=O)CCC(=O)Nc2cn(C)cc(Br)c2=O)c(OC)c1OC. The van der Waals surface area contributed by atoms with E-state index in [1.807, 2.05) is 0 Å². The largest absolute Gasteiger partial charge is 0.493 e. The van der Waals surface area contributed by atoms with Crippen molar-refractivity contribution in [2.24, 2.45) is 7.05 Å². The summed E-state index contributed by atoms with van der Waals surface area (Å²) in [7, 11) is 6.08. The number of hydrogen-bond donors (Lipinski definition) is 1. The highest BCUT2D eigenvalue weighted by Crippen LogP contribution is 2.40. The summed E-state index contributed by atoms with van der Waals surface area (Å²) in [6.45, 7) is 0. The number of aryl methyl sites for hydroxylation is 1. The van der Waals surface area contributed by atoms with Crippen molar-refractivity contribution in [3.05, 3.63) is 44.8 Å². The molecule has 0 saturated heterocycles. The smallest absolute Gasteiger partial charge is 0.224 e. The Labute approximate surface area is 170 Å². The van der Waals surface area contributed by atoms with Crippen LogP contribution >= 0.6 is 15.9 Å². The summed E-state index contributed by atoms with van der Waals surface area (Å²) in [5.41, 5.74) is 0.0867. The van der Waals surface area contributed by atoms with E-state index in [-0.39, 0.29) is 41.1 Å². The average molecular weight is 453 g/mol. The second-order valence-electron chi connectivity index (χ2n) is 5.87. The van der Waals surface area contributed by atoms with Gasteiger partial charge in [0.15, 0.2) is 17.3 Å². The van der Waals surface area contributed by atoms with Crippen molar-refractivity contribution in [3.63, 3.8) is 0 Å². The molecule has 0 radical (unpaired) electrons. The number of rotatable bonds is 8. The van der Waals surface area contributed by atoms with Crippen molar-refractivity contribution < 1.29 is 23.8 Å². The van der Waals surface area contributed by atoms with Gasteiger partial charge < -0.3 is 24.1 Å². The quantitative estimate of drug-likeness (QED) is 0.618. The molecule has 0 aliphatic rings. The Morgan fingerprint density at radius 3 is 2.32 bits per heavy atom.